The number of rotatable bonds is 18. The number of amides is 4. The zero-order valence-electron chi connectivity index (χ0n) is 31.8. The smallest absolute Gasteiger partial charge is 0.315 e. The fraction of sp³-hybridized carbons (Fsp3) is 0.463. The lowest BCUT2D eigenvalue weighted by Crippen LogP contribution is -2.36. The van der Waals surface area contributed by atoms with E-state index in [1.807, 2.05) is 93.2 Å². The number of unbranched alkanes of at least 4 members (excludes halogenated alkanes) is 1. The number of aliphatic imine (C=N–C) groups is 1. The molecule has 0 spiro atoms. The second-order valence-corrected chi connectivity index (χ2v) is 18.6. The summed E-state index contributed by atoms with van der Waals surface area (Å²) in [5.41, 5.74) is 0.489. The normalized spacial score (nSPS) is 18.4. The fourth-order valence-electron chi connectivity index (χ4n) is 6.68. The standard InChI is InChI=1S/C41H54N5O6PS/c1-41(2,3)46-39(51-4)32-22-21-29(27-34(32)53(50,30-15-7-5-8-16-30)31-17-9-6-10-18-31)38(48)43-24-14-26-52-25-13-23-42-36(47)20-12-11-19-35-37-33(28-54-35)44-40(49)45-37/h5-10,15-18,21-22,27,33,35,37H,11-14,19-20,23-26,28H2,1-4H3,(H,42,47)(H,43,48)(H2,44,45,49)/t33-,35-,37-/m0/s1. The molecule has 13 heteroatoms. The summed E-state index contributed by atoms with van der Waals surface area (Å²) in [4.78, 5) is 42.1. The van der Waals surface area contributed by atoms with Gasteiger partial charge in [0.05, 0.1) is 24.7 Å². The van der Waals surface area contributed by atoms with Gasteiger partial charge in [0, 0.05) is 70.8 Å². The minimum Gasteiger partial charge on any atom is -0.481 e. The van der Waals surface area contributed by atoms with Crippen LogP contribution in [0.15, 0.2) is 83.9 Å². The van der Waals surface area contributed by atoms with Crippen LogP contribution < -0.4 is 37.2 Å². The van der Waals surface area contributed by atoms with E-state index in [1.54, 1.807) is 25.3 Å². The fourth-order valence-corrected chi connectivity index (χ4v) is 11.1. The summed E-state index contributed by atoms with van der Waals surface area (Å²) in [6.07, 6.45) is 4.59. The molecule has 0 aliphatic carbocycles. The average molecular weight is 776 g/mol. The Labute approximate surface area is 323 Å². The molecular formula is C41H54N5O6PS. The van der Waals surface area contributed by atoms with Gasteiger partial charge < -0.3 is 35.3 Å². The number of ether oxygens (including phenoxy) is 2. The highest BCUT2D eigenvalue weighted by Gasteiger charge is 2.42. The number of carbonyl (C=O) groups is 3. The van der Waals surface area contributed by atoms with Crippen LogP contribution in [-0.4, -0.2) is 85.8 Å². The topological polar surface area (TPSA) is 147 Å². The van der Waals surface area contributed by atoms with Crippen LogP contribution in [0.2, 0.25) is 0 Å². The Morgan fingerprint density at radius 3 is 2.17 bits per heavy atom. The molecule has 0 saturated carbocycles. The molecule has 0 radical (unpaired) electrons. The van der Waals surface area contributed by atoms with E-state index in [9.17, 15) is 14.4 Å². The van der Waals surface area contributed by atoms with Crippen LogP contribution in [0.1, 0.15) is 75.2 Å². The number of urea groups is 1. The number of carbonyl (C=O) groups excluding carboxylic acids is 3. The number of fused-ring (bicyclic) bond motifs is 1. The third-order valence-electron chi connectivity index (χ3n) is 9.32. The second kappa shape index (κ2) is 19.5. The minimum atomic E-state index is -3.49. The third kappa shape index (κ3) is 11.0. The van der Waals surface area contributed by atoms with Crippen molar-refractivity contribution >= 4 is 58.6 Å². The minimum absolute atomic E-state index is 0.0468. The first-order valence-corrected chi connectivity index (χ1v) is 21.6. The van der Waals surface area contributed by atoms with Gasteiger partial charge in [0.2, 0.25) is 11.8 Å². The Kier molecular flexibility index (Phi) is 14.8. The van der Waals surface area contributed by atoms with Crippen LogP contribution in [0, 0.1) is 0 Å². The van der Waals surface area contributed by atoms with Crippen molar-refractivity contribution in [3.63, 3.8) is 0 Å². The average Bonchev–Trinajstić information content (AvgIpc) is 3.73. The number of nitrogens with zero attached hydrogens (tertiary/aromatic N) is 1. The van der Waals surface area contributed by atoms with E-state index in [2.05, 4.69) is 21.3 Å². The van der Waals surface area contributed by atoms with E-state index >= 15 is 4.57 Å². The molecule has 2 aliphatic rings. The molecule has 2 saturated heterocycles. The number of hydrogen-bond donors (Lipinski definition) is 4. The third-order valence-corrected chi connectivity index (χ3v) is 13.9. The lowest BCUT2D eigenvalue weighted by atomic mass is 10.0. The summed E-state index contributed by atoms with van der Waals surface area (Å²) in [5, 5.41) is 14.1. The van der Waals surface area contributed by atoms with Crippen LogP contribution in [0.3, 0.4) is 0 Å². The Balaban J connectivity index is 1.09. The Morgan fingerprint density at radius 1 is 0.889 bits per heavy atom. The molecule has 290 valence electrons. The van der Waals surface area contributed by atoms with Gasteiger partial charge in [-0.2, -0.15) is 11.8 Å². The molecule has 3 aromatic rings. The van der Waals surface area contributed by atoms with E-state index in [-0.39, 0.29) is 29.9 Å². The highest BCUT2D eigenvalue weighted by molar-refractivity contribution is 8.00. The number of benzene rings is 3. The maximum Gasteiger partial charge on any atom is 0.315 e. The lowest BCUT2D eigenvalue weighted by molar-refractivity contribution is -0.121. The predicted octanol–water partition coefficient (Wildman–Crippen LogP) is 4.89. The van der Waals surface area contributed by atoms with Crippen LogP contribution >= 0.6 is 18.9 Å². The summed E-state index contributed by atoms with van der Waals surface area (Å²) >= 11 is 1.90. The van der Waals surface area contributed by atoms with Crippen molar-refractivity contribution in [3.8, 4) is 0 Å². The maximum absolute atomic E-state index is 15.5. The molecule has 3 aromatic carbocycles. The van der Waals surface area contributed by atoms with Gasteiger partial charge in [-0.05, 0) is 64.7 Å². The van der Waals surface area contributed by atoms with Crippen LogP contribution in [0.4, 0.5) is 4.79 Å². The summed E-state index contributed by atoms with van der Waals surface area (Å²) in [6.45, 7) is 7.83. The zero-order chi connectivity index (χ0) is 38.6. The van der Waals surface area contributed by atoms with E-state index in [1.165, 1.54) is 0 Å². The monoisotopic (exact) mass is 775 g/mol. The molecule has 4 N–H and O–H groups in total. The number of methoxy groups -OCH3 is 1. The van der Waals surface area contributed by atoms with E-state index < -0.39 is 12.7 Å². The first-order chi connectivity index (χ1) is 26.0. The first-order valence-electron chi connectivity index (χ1n) is 18.8. The molecule has 11 nitrogen and oxygen atoms in total. The number of thioether (sulfide) groups is 1. The molecule has 2 heterocycles. The molecule has 2 fully saturated rings. The molecule has 4 amide bonds. The van der Waals surface area contributed by atoms with Crippen molar-refractivity contribution in [2.45, 2.75) is 82.2 Å². The Morgan fingerprint density at radius 2 is 1.54 bits per heavy atom. The summed E-state index contributed by atoms with van der Waals surface area (Å²) in [5.74, 6) is 1.06. The molecule has 0 aromatic heterocycles. The Bertz CT molecular complexity index is 1760. The lowest BCUT2D eigenvalue weighted by Gasteiger charge is -2.24. The molecule has 0 bridgehead atoms. The molecule has 5 rings (SSSR count). The van der Waals surface area contributed by atoms with E-state index in [0.29, 0.717) is 83.8 Å². The van der Waals surface area contributed by atoms with Gasteiger partial charge in [0.15, 0.2) is 7.14 Å². The number of hydrogen-bond acceptors (Lipinski definition) is 8. The molecule has 0 unspecified atom stereocenters. The van der Waals surface area contributed by atoms with Crippen molar-refractivity contribution in [1.82, 2.24) is 21.3 Å². The molecule has 54 heavy (non-hydrogen) atoms. The highest BCUT2D eigenvalue weighted by atomic mass is 32.2. The van der Waals surface area contributed by atoms with Crippen molar-refractivity contribution in [1.29, 1.82) is 0 Å². The van der Waals surface area contributed by atoms with Crippen molar-refractivity contribution < 1.29 is 28.4 Å². The van der Waals surface area contributed by atoms with Crippen LogP contribution in [0.5, 0.6) is 0 Å². The van der Waals surface area contributed by atoms with Gasteiger partial charge in [-0.3, -0.25) is 9.59 Å². The van der Waals surface area contributed by atoms with Gasteiger partial charge in [0.25, 0.3) is 5.91 Å². The van der Waals surface area contributed by atoms with Gasteiger partial charge in [-0.25, -0.2) is 9.79 Å². The quantitative estimate of drug-likeness (QED) is 0.0474. The van der Waals surface area contributed by atoms with Gasteiger partial charge in [-0.1, -0.05) is 67.1 Å². The predicted molar refractivity (Wildman–Crippen MR) is 218 cm³/mol. The number of nitrogens with one attached hydrogen (secondary N) is 4. The maximum atomic E-state index is 15.5. The van der Waals surface area contributed by atoms with E-state index in [0.717, 1.165) is 25.0 Å². The molecular weight excluding hydrogens is 722 g/mol. The van der Waals surface area contributed by atoms with Crippen molar-refractivity contribution in [3.05, 3.63) is 90.0 Å². The van der Waals surface area contributed by atoms with Gasteiger partial charge in [0.1, 0.15) is 0 Å². The first kappa shape index (κ1) is 41.1. The van der Waals surface area contributed by atoms with Crippen molar-refractivity contribution in [2.24, 2.45) is 4.99 Å². The second-order valence-electron chi connectivity index (χ2n) is 14.6. The van der Waals surface area contributed by atoms with Gasteiger partial charge >= 0.3 is 6.03 Å². The highest BCUT2D eigenvalue weighted by Crippen LogP contribution is 2.44. The largest absolute Gasteiger partial charge is 0.481 e. The summed E-state index contributed by atoms with van der Waals surface area (Å²) < 4.78 is 27.0. The van der Waals surface area contributed by atoms with Crippen LogP contribution in [-0.2, 0) is 18.8 Å². The Hall–Kier alpha value is -4.12. The molecule has 3 atom stereocenters. The van der Waals surface area contributed by atoms with Crippen LogP contribution in [0.25, 0.3) is 0 Å². The molecule has 2 aliphatic heterocycles. The summed E-state index contributed by atoms with van der Waals surface area (Å²) in [6, 6.07) is 24.2. The summed E-state index contributed by atoms with van der Waals surface area (Å²) in [7, 11) is -1.94. The van der Waals surface area contributed by atoms with Gasteiger partial charge in [-0.15, -0.1) is 0 Å². The SMILES string of the molecule is COC(=NC(C)(C)C)c1ccc(C(=O)NCCCOCCCNC(=O)CCCC[C@@H]2SC[C@@H]3NC(=O)N[C@@H]32)cc1P(=O)(c1ccccc1)c1ccccc1. The van der Waals surface area contributed by atoms with E-state index in [4.69, 9.17) is 14.5 Å². The van der Waals surface area contributed by atoms with Crippen molar-refractivity contribution in [2.75, 3.05) is 39.2 Å². The zero-order valence-corrected chi connectivity index (χ0v) is 33.5.